The number of anilines is 2. The van der Waals surface area contributed by atoms with Crippen LogP contribution in [0.5, 0.6) is 5.75 Å². The molecule has 0 unspecified atom stereocenters. The Hall–Kier alpha value is -2.45. The van der Waals surface area contributed by atoms with Crippen molar-refractivity contribution in [3.05, 3.63) is 47.5 Å². The van der Waals surface area contributed by atoms with Crippen LogP contribution in [-0.4, -0.2) is 39.5 Å². The predicted molar refractivity (Wildman–Crippen MR) is 114 cm³/mol. The number of methoxy groups -OCH3 is 1. The minimum absolute atomic E-state index is 0.0623. The summed E-state index contributed by atoms with van der Waals surface area (Å²) in [5, 5.41) is 3.21. The number of carbonyl (C=O) groups is 1. The number of hydrogen-bond acceptors (Lipinski definition) is 4. The van der Waals surface area contributed by atoms with E-state index in [1.807, 2.05) is 0 Å². The summed E-state index contributed by atoms with van der Waals surface area (Å²) >= 11 is 5.96. The first-order chi connectivity index (χ1) is 13.9. The number of amides is 2. The zero-order valence-electron chi connectivity index (χ0n) is 16.2. The Morgan fingerprint density at radius 1 is 1.03 bits per heavy atom. The number of halogens is 1. The fourth-order valence-corrected chi connectivity index (χ4v) is 4.39. The quantitative estimate of drug-likeness (QED) is 0.717. The van der Waals surface area contributed by atoms with E-state index in [0.29, 0.717) is 16.5 Å². The number of benzene rings is 2. The average molecular weight is 438 g/mol. The third-order valence-corrected chi connectivity index (χ3v) is 6.33. The Labute approximate surface area is 176 Å². The molecule has 2 aromatic carbocycles. The van der Waals surface area contributed by atoms with Crippen LogP contribution in [0.2, 0.25) is 5.02 Å². The molecule has 1 aliphatic rings. The number of nitrogens with zero attached hydrogens (tertiary/aromatic N) is 1. The summed E-state index contributed by atoms with van der Waals surface area (Å²) in [6.07, 6.45) is 4.29. The van der Waals surface area contributed by atoms with Crippen molar-refractivity contribution in [3.63, 3.8) is 0 Å². The minimum atomic E-state index is -3.84. The van der Waals surface area contributed by atoms with Crippen LogP contribution in [0, 0.1) is 0 Å². The molecule has 29 heavy (non-hydrogen) atoms. The molecule has 0 radical (unpaired) electrons. The van der Waals surface area contributed by atoms with Crippen molar-refractivity contribution in [1.29, 1.82) is 0 Å². The lowest BCUT2D eigenvalue weighted by Crippen LogP contribution is -2.35. The Kier molecular flexibility index (Phi) is 6.87. The van der Waals surface area contributed by atoms with Crippen molar-refractivity contribution < 1.29 is 17.9 Å². The van der Waals surface area contributed by atoms with Gasteiger partial charge in [-0.25, -0.2) is 13.2 Å². The molecule has 0 aliphatic carbocycles. The molecule has 2 aromatic rings. The van der Waals surface area contributed by atoms with Crippen LogP contribution in [-0.2, 0) is 10.0 Å². The summed E-state index contributed by atoms with van der Waals surface area (Å²) in [4.78, 5) is 14.3. The SMILES string of the molecule is COc1ccc(Cl)cc1NS(=O)(=O)c1ccc(NC(=O)N2CCCCCC2)cc1. The molecule has 0 aromatic heterocycles. The van der Waals surface area contributed by atoms with Gasteiger partial charge in [-0.1, -0.05) is 24.4 Å². The summed E-state index contributed by atoms with van der Waals surface area (Å²) < 4.78 is 33.0. The van der Waals surface area contributed by atoms with Crippen LogP contribution in [0.15, 0.2) is 47.4 Å². The summed E-state index contributed by atoms with van der Waals surface area (Å²) in [5.41, 5.74) is 0.789. The maximum atomic E-state index is 12.7. The van der Waals surface area contributed by atoms with Gasteiger partial charge in [-0.05, 0) is 55.3 Å². The van der Waals surface area contributed by atoms with Gasteiger partial charge < -0.3 is 15.0 Å². The van der Waals surface area contributed by atoms with Crippen molar-refractivity contribution >= 4 is 39.0 Å². The maximum Gasteiger partial charge on any atom is 0.321 e. The van der Waals surface area contributed by atoms with Crippen LogP contribution in [0.4, 0.5) is 16.2 Å². The van der Waals surface area contributed by atoms with Gasteiger partial charge >= 0.3 is 6.03 Å². The number of sulfonamides is 1. The minimum Gasteiger partial charge on any atom is -0.495 e. The van der Waals surface area contributed by atoms with E-state index in [-0.39, 0.29) is 16.6 Å². The highest BCUT2D eigenvalue weighted by Gasteiger charge is 2.18. The highest BCUT2D eigenvalue weighted by atomic mass is 35.5. The van der Waals surface area contributed by atoms with Gasteiger partial charge in [0.25, 0.3) is 10.0 Å². The monoisotopic (exact) mass is 437 g/mol. The first kappa shape index (κ1) is 21.3. The fourth-order valence-electron chi connectivity index (χ4n) is 3.16. The van der Waals surface area contributed by atoms with E-state index in [2.05, 4.69) is 10.0 Å². The van der Waals surface area contributed by atoms with Crippen molar-refractivity contribution in [2.75, 3.05) is 30.2 Å². The standard InChI is InChI=1S/C20H24ClN3O4S/c1-28-19-11-6-15(21)14-18(19)23-29(26,27)17-9-7-16(8-10-17)22-20(25)24-12-4-2-3-5-13-24/h6-11,14,23H,2-5,12-13H2,1H3,(H,22,25). The van der Waals surface area contributed by atoms with Gasteiger partial charge in [0.15, 0.2) is 0 Å². The van der Waals surface area contributed by atoms with Crippen LogP contribution < -0.4 is 14.8 Å². The second-order valence-electron chi connectivity index (χ2n) is 6.81. The zero-order chi connectivity index (χ0) is 20.9. The number of hydrogen-bond donors (Lipinski definition) is 2. The van der Waals surface area contributed by atoms with Crippen LogP contribution in [0.1, 0.15) is 25.7 Å². The highest BCUT2D eigenvalue weighted by Crippen LogP contribution is 2.30. The van der Waals surface area contributed by atoms with Gasteiger partial charge in [-0.15, -0.1) is 0 Å². The predicted octanol–water partition coefficient (Wildman–Crippen LogP) is 4.56. The van der Waals surface area contributed by atoms with Crippen LogP contribution in [0.25, 0.3) is 0 Å². The molecule has 0 atom stereocenters. The molecule has 0 bridgehead atoms. The average Bonchev–Trinajstić information content (AvgIpc) is 2.98. The molecule has 7 nitrogen and oxygen atoms in total. The number of nitrogens with one attached hydrogen (secondary N) is 2. The number of ether oxygens (including phenoxy) is 1. The topological polar surface area (TPSA) is 87.7 Å². The molecule has 1 aliphatic heterocycles. The lowest BCUT2D eigenvalue weighted by atomic mass is 10.2. The molecule has 0 spiro atoms. The van der Waals surface area contributed by atoms with Crippen LogP contribution >= 0.6 is 11.6 Å². The van der Waals surface area contributed by atoms with Gasteiger partial charge in [0.1, 0.15) is 5.75 Å². The molecule has 1 saturated heterocycles. The van der Waals surface area contributed by atoms with E-state index < -0.39 is 10.0 Å². The number of carbonyl (C=O) groups excluding carboxylic acids is 1. The summed E-state index contributed by atoms with van der Waals surface area (Å²) in [7, 11) is -2.40. The lowest BCUT2D eigenvalue weighted by molar-refractivity contribution is 0.214. The first-order valence-corrected chi connectivity index (χ1v) is 11.3. The number of urea groups is 1. The van der Waals surface area contributed by atoms with Crippen molar-refractivity contribution in [1.82, 2.24) is 4.90 Å². The first-order valence-electron chi connectivity index (χ1n) is 9.41. The molecule has 9 heteroatoms. The molecule has 2 amide bonds. The molecule has 2 N–H and O–H groups in total. The normalized spacial score (nSPS) is 14.8. The second-order valence-corrected chi connectivity index (χ2v) is 8.92. The maximum absolute atomic E-state index is 12.7. The third-order valence-electron chi connectivity index (χ3n) is 4.72. The number of rotatable bonds is 5. The Bertz CT molecular complexity index is 956. The molecule has 3 rings (SSSR count). The largest absolute Gasteiger partial charge is 0.495 e. The van der Waals surface area contributed by atoms with Gasteiger partial charge in [-0.2, -0.15) is 0 Å². The van der Waals surface area contributed by atoms with E-state index in [4.69, 9.17) is 16.3 Å². The summed E-state index contributed by atoms with van der Waals surface area (Å²) in [5.74, 6) is 0.360. The van der Waals surface area contributed by atoms with Gasteiger partial charge in [0, 0.05) is 23.8 Å². The van der Waals surface area contributed by atoms with E-state index in [9.17, 15) is 13.2 Å². The van der Waals surface area contributed by atoms with E-state index in [1.54, 1.807) is 29.2 Å². The van der Waals surface area contributed by atoms with E-state index in [0.717, 1.165) is 38.8 Å². The van der Waals surface area contributed by atoms with Crippen molar-refractivity contribution in [2.24, 2.45) is 0 Å². The molecule has 156 valence electrons. The Morgan fingerprint density at radius 3 is 2.31 bits per heavy atom. The Morgan fingerprint density at radius 2 is 1.69 bits per heavy atom. The highest BCUT2D eigenvalue weighted by molar-refractivity contribution is 7.92. The number of likely N-dealkylation sites (tertiary alicyclic amines) is 1. The van der Waals surface area contributed by atoms with Crippen LogP contribution in [0.3, 0.4) is 0 Å². The Balaban J connectivity index is 1.70. The van der Waals surface area contributed by atoms with E-state index >= 15 is 0 Å². The molecule has 1 fully saturated rings. The molecule has 1 heterocycles. The fraction of sp³-hybridized carbons (Fsp3) is 0.350. The second kappa shape index (κ2) is 9.37. The third kappa shape index (κ3) is 5.55. The summed E-state index contributed by atoms with van der Waals surface area (Å²) in [6, 6.07) is 10.5. The zero-order valence-corrected chi connectivity index (χ0v) is 17.7. The smallest absolute Gasteiger partial charge is 0.321 e. The van der Waals surface area contributed by atoms with Gasteiger partial charge in [0.05, 0.1) is 17.7 Å². The summed E-state index contributed by atoms with van der Waals surface area (Å²) in [6.45, 7) is 1.48. The van der Waals surface area contributed by atoms with Crippen molar-refractivity contribution in [3.8, 4) is 5.75 Å². The van der Waals surface area contributed by atoms with Crippen molar-refractivity contribution in [2.45, 2.75) is 30.6 Å². The molecular formula is C20H24ClN3O4S. The lowest BCUT2D eigenvalue weighted by Gasteiger charge is -2.20. The van der Waals surface area contributed by atoms with E-state index in [1.165, 1.54) is 25.3 Å². The van der Waals surface area contributed by atoms with Gasteiger partial charge in [-0.3, -0.25) is 4.72 Å². The molecule has 0 saturated carbocycles. The van der Waals surface area contributed by atoms with Gasteiger partial charge in [0.2, 0.25) is 0 Å². The molecular weight excluding hydrogens is 414 g/mol.